The Bertz CT molecular complexity index is 312. The number of nitrogens with two attached hydrogens (primary N) is 1. The molecule has 0 aromatic rings. The average molecular weight is 270 g/mol. The van der Waals surface area contributed by atoms with E-state index in [0.717, 1.165) is 44.9 Å². The molecule has 0 aliphatic heterocycles. The molecule has 1 atom stereocenters. The predicted octanol–water partition coefficient (Wildman–Crippen LogP) is 1.80. The lowest BCUT2D eigenvalue weighted by molar-refractivity contribution is -0.139. The van der Waals surface area contributed by atoms with E-state index in [1.807, 2.05) is 0 Å². The van der Waals surface area contributed by atoms with Gasteiger partial charge < -0.3 is 16.2 Å². The number of amides is 1. The number of aliphatic carboxylic acids is 1. The lowest BCUT2D eigenvalue weighted by atomic mass is 9.79. The third kappa shape index (κ3) is 5.19. The summed E-state index contributed by atoms with van der Waals surface area (Å²) in [5.41, 5.74) is 5.27. The number of hydrogen-bond acceptors (Lipinski definition) is 3. The first-order chi connectivity index (χ1) is 8.99. The topological polar surface area (TPSA) is 92.4 Å². The number of carbonyl (C=O) groups excluding carboxylic acids is 1. The monoisotopic (exact) mass is 270 g/mol. The summed E-state index contributed by atoms with van der Waals surface area (Å²) in [4.78, 5) is 23.1. The van der Waals surface area contributed by atoms with Crippen LogP contribution in [0.15, 0.2) is 0 Å². The number of nitrogens with one attached hydrogen (secondary N) is 1. The van der Waals surface area contributed by atoms with Gasteiger partial charge in [-0.1, -0.05) is 39.0 Å². The Morgan fingerprint density at radius 3 is 2.47 bits per heavy atom. The summed E-state index contributed by atoms with van der Waals surface area (Å²) in [5.74, 6) is -1.05. The number of carbonyl (C=O) groups is 2. The zero-order valence-electron chi connectivity index (χ0n) is 11.8. The molecule has 1 saturated carbocycles. The van der Waals surface area contributed by atoms with E-state index in [-0.39, 0.29) is 12.3 Å². The van der Waals surface area contributed by atoms with Crippen molar-refractivity contribution in [1.29, 1.82) is 0 Å². The maximum Gasteiger partial charge on any atom is 0.305 e. The standard InChI is InChI=1S/C14H26N2O3/c1-2-3-7-11(15)13(19)16-14(10-12(17)18)8-5-4-6-9-14/h11H,2-10,15H2,1H3,(H,16,19)(H,17,18)/t11-/m0/s1. The fraction of sp³-hybridized carbons (Fsp3) is 0.857. The van der Waals surface area contributed by atoms with Crippen LogP contribution in [-0.2, 0) is 9.59 Å². The van der Waals surface area contributed by atoms with Gasteiger partial charge >= 0.3 is 5.97 Å². The summed E-state index contributed by atoms with van der Waals surface area (Å²) in [6, 6.07) is -0.521. The third-order valence-corrected chi connectivity index (χ3v) is 3.89. The number of hydrogen-bond donors (Lipinski definition) is 3. The van der Waals surface area contributed by atoms with Gasteiger partial charge in [0.05, 0.1) is 18.0 Å². The lowest BCUT2D eigenvalue weighted by Crippen LogP contribution is -2.55. The summed E-state index contributed by atoms with van der Waals surface area (Å²) >= 11 is 0. The van der Waals surface area contributed by atoms with Crippen LogP contribution < -0.4 is 11.1 Å². The van der Waals surface area contributed by atoms with Gasteiger partial charge in [0.1, 0.15) is 0 Å². The highest BCUT2D eigenvalue weighted by molar-refractivity contribution is 5.83. The van der Waals surface area contributed by atoms with Crippen molar-refractivity contribution >= 4 is 11.9 Å². The molecule has 0 saturated heterocycles. The van der Waals surface area contributed by atoms with Crippen molar-refractivity contribution in [3.05, 3.63) is 0 Å². The normalized spacial score (nSPS) is 19.7. The Morgan fingerprint density at radius 1 is 1.32 bits per heavy atom. The zero-order valence-corrected chi connectivity index (χ0v) is 11.8. The number of rotatable bonds is 7. The van der Waals surface area contributed by atoms with Crippen LogP contribution in [0.3, 0.4) is 0 Å². The van der Waals surface area contributed by atoms with Gasteiger partial charge in [0.25, 0.3) is 0 Å². The van der Waals surface area contributed by atoms with E-state index in [0.29, 0.717) is 6.42 Å². The van der Waals surface area contributed by atoms with E-state index < -0.39 is 17.6 Å². The molecule has 0 aromatic carbocycles. The van der Waals surface area contributed by atoms with Crippen LogP contribution in [-0.4, -0.2) is 28.6 Å². The first kappa shape index (κ1) is 16.0. The van der Waals surface area contributed by atoms with Crippen molar-refractivity contribution in [2.24, 2.45) is 5.73 Å². The Hall–Kier alpha value is -1.10. The SMILES string of the molecule is CCCC[C@H](N)C(=O)NC1(CC(=O)O)CCCCC1. The summed E-state index contributed by atoms with van der Waals surface area (Å²) in [6.45, 7) is 2.05. The van der Waals surface area contributed by atoms with Gasteiger partial charge in [-0.3, -0.25) is 9.59 Å². The summed E-state index contributed by atoms with van der Waals surface area (Å²) in [6.07, 6.45) is 7.11. The highest BCUT2D eigenvalue weighted by Gasteiger charge is 2.36. The quantitative estimate of drug-likeness (QED) is 0.657. The summed E-state index contributed by atoms with van der Waals surface area (Å²) < 4.78 is 0. The van der Waals surface area contributed by atoms with E-state index in [1.165, 1.54) is 0 Å². The molecule has 19 heavy (non-hydrogen) atoms. The van der Waals surface area contributed by atoms with Crippen molar-refractivity contribution in [3.63, 3.8) is 0 Å². The van der Waals surface area contributed by atoms with Gasteiger partial charge in [0.2, 0.25) is 5.91 Å². The fourth-order valence-electron chi connectivity index (χ4n) is 2.77. The first-order valence-corrected chi connectivity index (χ1v) is 7.28. The molecular weight excluding hydrogens is 244 g/mol. The van der Waals surface area contributed by atoms with E-state index >= 15 is 0 Å². The molecule has 0 unspecified atom stereocenters. The fourth-order valence-corrected chi connectivity index (χ4v) is 2.77. The second-order valence-electron chi connectivity index (χ2n) is 5.65. The van der Waals surface area contributed by atoms with Crippen LogP contribution >= 0.6 is 0 Å². The second kappa shape index (κ2) is 7.48. The lowest BCUT2D eigenvalue weighted by Gasteiger charge is -2.37. The molecule has 1 rings (SSSR count). The van der Waals surface area contributed by atoms with E-state index in [9.17, 15) is 9.59 Å². The molecule has 0 heterocycles. The maximum atomic E-state index is 12.1. The Morgan fingerprint density at radius 2 is 1.95 bits per heavy atom. The summed E-state index contributed by atoms with van der Waals surface area (Å²) in [7, 11) is 0. The van der Waals surface area contributed by atoms with E-state index in [2.05, 4.69) is 12.2 Å². The minimum Gasteiger partial charge on any atom is -0.481 e. The van der Waals surface area contributed by atoms with Crippen molar-refractivity contribution in [1.82, 2.24) is 5.32 Å². The molecule has 0 spiro atoms. The van der Waals surface area contributed by atoms with Crippen molar-refractivity contribution in [2.75, 3.05) is 0 Å². The molecular formula is C14H26N2O3. The van der Waals surface area contributed by atoms with Gasteiger partial charge in [-0.15, -0.1) is 0 Å². The Balaban J connectivity index is 2.61. The largest absolute Gasteiger partial charge is 0.481 e. The molecule has 1 aliphatic rings. The molecule has 4 N–H and O–H groups in total. The van der Waals surface area contributed by atoms with Crippen LogP contribution in [0.4, 0.5) is 0 Å². The molecule has 110 valence electrons. The highest BCUT2D eigenvalue weighted by Crippen LogP contribution is 2.31. The molecule has 5 nitrogen and oxygen atoms in total. The highest BCUT2D eigenvalue weighted by atomic mass is 16.4. The molecule has 1 fully saturated rings. The second-order valence-corrected chi connectivity index (χ2v) is 5.65. The minimum absolute atomic E-state index is 0.000756. The van der Waals surface area contributed by atoms with Crippen molar-refractivity contribution in [3.8, 4) is 0 Å². The third-order valence-electron chi connectivity index (χ3n) is 3.89. The predicted molar refractivity (Wildman–Crippen MR) is 73.7 cm³/mol. The van der Waals surface area contributed by atoms with Gasteiger partial charge in [0, 0.05) is 0 Å². The maximum absolute atomic E-state index is 12.1. The smallest absolute Gasteiger partial charge is 0.305 e. The summed E-state index contributed by atoms with van der Waals surface area (Å²) in [5, 5.41) is 12.0. The Labute approximate surface area is 114 Å². The molecule has 0 aromatic heterocycles. The van der Waals surface area contributed by atoms with E-state index in [1.54, 1.807) is 0 Å². The van der Waals surface area contributed by atoms with Gasteiger partial charge in [-0.25, -0.2) is 0 Å². The number of carboxylic acids is 1. The first-order valence-electron chi connectivity index (χ1n) is 7.28. The number of carboxylic acid groups (broad SMARTS) is 1. The minimum atomic E-state index is -0.857. The molecule has 0 radical (unpaired) electrons. The van der Waals surface area contributed by atoms with Crippen LogP contribution in [0.5, 0.6) is 0 Å². The Kier molecular flexibility index (Phi) is 6.28. The van der Waals surface area contributed by atoms with Crippen LogP contribution in [0.2, 0.25) is 0 Å². The van der Waals surface area contributed by atoms with Gasteiger partial charge in [-0.05, 0) is 19.3 Å². The molecule has 0 bridgehead atoms. The molecule has 1 aliphatic carbocycles. The van der Waals surface area contributed by atoms with E-state index in [4.69, 9.17) is 10.8 Å². The van der Waals surface area contributed by atoms with Crippen LogP contribution in [0, 0.1) is 0 Å². The molecule has 1 amide bonds. The van der Waals surface area contributed by atoms with Gasteiger partial charge in [-0.2, -0.15) is 0 Å². The number of unbranched alkanes of at least 4 members (excludes halogenated alkanes) is 1. The zero-order chi connectivity index (χ0) is 14.3. The molecule has 5 heteroatoms. The van der Waals surface area contributed by atoms with Crippen LogP contribution in [0.25, 0.3) is 0 Å². The van der Waals surface area contributed by atoms with Crippen molar-refractivity contribution in [2.45, 2.75) is 76.3 Å². The van der Waals surface area contributed by atoms with Crippen molar-refractivity contribution < 1.29 is 14.7 Å². The van der Waals surface area contributed by atoms with Gasteiger partial charge in [0.15, 0.2) is 0 Å². The average Bonchev–Trinajstić information content (AvgIpc) is 2.35. The van der Waals surface area contributed by atoms with Crippen LogP contribution in [0.1, 0.15) is 64.7 Å².